The van der Waals surface area contributed by atoms with Gasteiger partial charge in [0.2, 0.25) is 6.79 Å². The fourth-order valence-corrected chi connectivity index (χ4v) is 1.66. The summed E-state index contributed by atoms with van der Waals surface area (Å²) in [4.78, 5) is 21.9. The number of rotatable bonds is 6. The van der Waals surface area contributed by atoms with Crippen molar-refractivity contribution in [1.29, 1.82) is 0 Å². The molecule has 0 radical (unpaired) electrons. The molecule has 0 fully saturated rings. The Morgan fingerprint density at radius 1 is 1.35 bits per heavy atom. The highest BCUT2D eigenvalue weighted by molar-refractivity contribution is 5.75. The van der Waals surface area contributed by atoms with Crippen LogP contribution in [-0.2, 0) is 20.9 Å². The lowest BCUT2D eigenvalue weighted by molar-refractivity contribution is -0.145. The number of carboxylic acid groups (broad SMARTS) is 1. The van der Waals surface area contributed by atoms with Crippen molar-refractivity contribution >= 4 is 11.9 Å². The van der Waals surface area contributed by atoms with Crippen LogP contribution in [0, 0.1) is 0 Å². The van der Waals surface area contributed by atoms with Crippen molar-refractivity contribution in [1.82, 2.24) is 0 Å². The maximum absolute atomic E-state index is 11.5. The molecule has 0 bridgehead atoms. The first-order valence-corrected chi connectivity index (χ1v) is 6.09. The summed E-state index contributed by atoms with van der Waals surface area (Å²) in [5, 5.41) is 8.59. The van der Waals surface area contributed by atoms with Crippen LogP contribution >= 0.6 is 0 Å². The molecule has 7 nitrogen and oxygen atoms in total. The third-order valence-electron chi connectivity index (χ3n) is 2.81. The van der Waals surface area contributed by atoms with E-state index in [2.05, 4.69) is 0 Å². The molecule has 1 heterocycles. The van der Waals surface area contributed by atoms with Crippen molar-refractivity contribution in [2.45, 2.75) is 25.5 Å². The average molecular weight is 281 g/mol. The summed E-state index contributed by atoms with van der Waals surface area (Å²) < 4.78 is 15.4. The number of ether oxygens (including phenoxy) is 3. The molecule has 1 aliphatic heterocycles. The van der Waals surface area contributed by atoms with Crippen LogP contribution < -0.4 is 15.2 Å². The number of hydrogen-bond donors (Lipinski definition) is 2. The Hall–Kier alpha value is -2.28. The van der Waals surface area contributed by atoms with Gasteiger partial charge in [0.1, 0.15) is 12.6 Å². The molecule has 0 unspecified atom stereocenters. The summed E-state index contributed by atoms with van der Waals surface area (Å²) in [5.74, 6) is -0.341. The fraction of sp³-hybridized carbons (Fsp3) is 0.385. The third kappa shape index (κ3) is 3.61. The van der Waals surface area contributed by atoms with Crippen LogP contribution in [0.15, 0.2) is 18.2 Å². The van der Waals surface area contributed by atoms with Crippen LogP contribution in [0.4, 0.5) is 0 Å². The number of nitrogens with two attached hydrogens (primary N) is 1. The molecule has 1 aliphatic rings. The minimum absolute atomic E-state index is 0.0297. The van der Waals surface area contributed by atoms with Gasteiger partial charge in [-0.2, -0.15) is 0 Å². The molecule has 1 aromatic carbocycles. The zero-order chi connectivity index (χ0) is 14.5. The predicted octanol–water partition coefficient (Wildman–Crippen LogP) is 0.651. The van der Waals surface area contributed by atoms with Gasteiger partial charge in [-0.1, -0.05) is 6.07 Å². The molecule has 0 aromatic heterocycles. The van der Waals surface area contributed by atoms with E-state index < -0.39 is 18.0 Å². The zero-order valence-corrected chi connectivity index (χ0v) is 10.7. The predicted molar refractivity (Wildman–Crippen MR) is 67.2 cm³/mol. The number of aliphatic carboxylic acids is 1. The lowest BCUT2D eigenvalue weighted by atomic mass is 10.2. The molecular weight excluding hydrogens is 266 g/mol. The van der Waals surface area contributed by atoms with Gasteiger partial charge in [-0.25, -0.2) is 0 Å². The van der Waals surface area contributed by atoms with Crippen LogP contribution in [0.25, 0.3) is 0 Å². The topological polar surface area (TPSA) is 108 Å². The van der Waals surface area contributed by atoms with Crippen LogP contribution in [0.2, 0.25) is 0 Å². The zero-order valence-electron chi connectivity index (χ0n) is 10.7. The van der Waals surface area contributed by atoms with Crippen molar-refractivity contribution in [2.24, 2.45) is 5.73 Å². The molecule has 20 heavy (non-hydrogen) atoms. The van der Waals surface area contributed by atoms with E-state index in [1.54, 1.807) is 18.2 Å². The number of carbonyl (C=O) groups is 2. The Kier molecular flexibility index (Phi) is 4.41. The largest absolute Gasteiger partial charge is 0.480 e. The minimum Gasteiger partial charge on any atom is -0.480 e. The van der Waals surface area contributed by atoms with Gasteiger partial charge in [-0.05, 0) is 24.1 Å². The first-order chi connectivity index (χ1) is 9.56. The Morgan fingerprint density at radius 2 is 2.10 bits per heavy atom. The van der Waals surface area contributed by atoms with Gasteiger partial charge >= 0.3 is 11.9 Å². The summed E-state index contributed by atoms with van der Waals surface area (Å²) in [5.41, 5.74) is 6.06. The van der Waals surface area contributed by atoms with E-state index in [1.807, 2.05) is 0 Å². The Balaban J connectivity index is 1.77. The van der Waals surface area contributed by atoms with Gasteiger partial charge in [0, 0.05) is 6.42 Å². The van der Waals surface area contributed by atoms with E-state index in [1.165, 1.54) is 0 Å². The maximum atomic E-state index is 11.5. The van der Waals surface area contributed by atoms with E-state index in [0.29, 0.717) is 11.5 Å². The number of carbonyl (C=O) groups excluding carboxylic acids is 1. The summed E-state index contributed by atoms with van der Waals surface area (Å²) >= 11 is 0. The Labute approximate surface area is 115 Å². The van der Waals surface area contributed by atoms with Gasteiger partial charge in [0.25, 0.3) is 0 Å². The number of carboxylic acids is 1. The van der Waals surface area contributed by atoms with Crippen LogP contribution in [0.5, 0.6) is 11.5 Å². The van der Waals surface area contributed by atoms with E-state index in [-0.39, 0.29) is 26.2 Å². The van der Waals surface area contributed by atoms with Crippen molar-refractivity contribution in [3.63, 3.8) is 0 Å². The summed E-state index contributed by atoms with van der Waals surface area (Å²) in [6, 6.07) is 4.20. The lowest BCUT2D eigenvalue weighted by Gasteiger charge is -2.07. The second kappa shape index (κ2) is 6.25. The lowest BCUT2D eigenvalue weighted by Crippen LogP contribution is -2.30. The van der Waals surface area contributed by atoms with Gasteiger partial charge in [-0.15, -0.1) is 0 Å². The quantitative estimate of drug-likeness (QED) is 0.737. The molecule has 0 spiro atoms. The van der Waals surface area contributed by atoms with Crippen LogP contribution in [0.3, 0.4) is 0 Å². The average Bonchev–Trinajstić information content (AvgIpc) is 2.89. The highest BCUT2D eigenvalue weighted by Crippen LogP contribution is 2.32. The molecule has 0 saturated carbocycles. The van der Waals surface area contributed by atoms with E-state index in [4.69, 9.17) is 25.1 Å². The maximum Gasteiger partial charge on any atom is 0.320 e. The van der Waals surface area contributed by atoms with Gasteiger partial charge in [0.15, 0.2) is 11.5 Å². The van der Waals surface area contributed by atoms with Gasteiger partial charge in [-0.3, -0.25) is 9.59 Å². The Bertz CT molecular complexity index is 516. The Morgan fingerprint density at radius 3 is 2.85 bits per heavy atom. The van der Waals surface area contributed by atoms with Gasteiger partial charge < -0.3 is 25.1 Å². The van der Waals surface area contributed by atoms with E-state index in [0.717, 1.165) is 5.56 Å². The standard InChI is InChI=1S/C13H15NO6/c14-9(13(16)17)2-4-12(15)18-6-8-1-3-10-11(5-8)20-7-19-10/h1,3,5,9H,2,4,6-7,14H2,(H,16,17)/t9-/m0/s1. The fourth-order valence-electron chi connectivity index (χ4n) is 1.66. The molecule has 108 valence electrons. The number of fused-ring (bicyclic) bond motifs is 1. The summed E-state index contributed by atoms with van der Waals surface area (Å²) in [7, 11) is 0. The van der Waals surface area contributed by atoms with Crippen molar-refractivity contribution in [2.75, 3.05) is 6.79 Å². The number of benzene rings is 1. The first kappa shape index (κ1) is 14.1. The molecule has 1 atom stereocenters. The molecule has 1 aromatic rings. The number of hydrogen-bond acceptors (Lipinski definition) is 6. The molecule has 0 aliphatic carbocycles. The van der Waals surface area contributed by atoms with Crippen LogP contribution in [0.1, 0.15) is 18.4 Å². The normalized spacial score (nSPS) is 13.8. The summed E-state index contributed by atoms with van der Waals surface area (Å²) in [6.45, 7) is 0.281. The molecule has 0 amide bonds. The molecule has 0 saturated heterocycles. The van der Waals surface area contributed by atoms with Crippen molar-refractivity contribution in [3.8, 4) is 11.5 Å². The smallest absolute Gasteiger partial charge is 0.320 e. The molecular formula is C13H15NO6. The molecule has 3 N–H and O–H groups in total. The third-order valence-corrected chi connectivity index (χ3v) is 2.81. The van der Waals surface area contributed by atoms with Gasteiger partial charge in [0.05, 0.1) is 0 Å². The highest BCUT2D eigenvalue weighted by Gasteiger charge is 2.16. The second-order valence-electron chi connectivity index (χ2n) is 4.33. The molecule has 7 heteroatoms. The minimum atomic E-state index is -1.13. The van der Waals surface area contributed by atoms with Crippen LogP contribution in [-0.4, -0.2) is 29.9 Å². The second-order valence-corrected chi connectivity index (χ2v) is 4.33. The summed E-state index contributed by atoms with van der Waals surface area (Å²) in [6.07, 6.45) is 0.0212. The number of esters is 1. The first-order valence-electron chi connectivity index (χ1n) is 6.09. The van der Waals surface area contributed by atoms with E-state index in [9.17, 15) is 9.59 Å². The van der Waals surface area contributed by atoms with Crippen molar-refractivity contribution < 1.29 is 28.9 Å². The molecule has 2 rings (SSSR count). The van der Waals surface area contributed by atoms with E-state index >= 15 is 0 Å². The highest BCUT2D eigenvalue weighted by atomic mass is 16.7. The van der Waals surface area contributed by atoms with Crippen molar-refractivity contribution in [3.05, 3.63) is 23.8 Å². The monoisotopic (exact) mass is 281 g/mol. The SMILES string of the molecule is N[C@@H](CCC(=O)OCc1ccc2c(c1)OCO2)C(=O)O.